The van der Waals surface area contributed by atoms with Crippen molar-refractivity contribution in [2.24, 2.45) is 5.92 Å². The van der Waals surface area contributed by atoms with Gasteiger partial charge >= 0.3 is 6.16 Å². The molecule has 5 nitrogen and oxygen atoms in total. The number of carbonyl (C=O) groups is 1. The molecule has 0 heterocycles. The number of hydrogen-bond acceptors (Lipinski definition) is 5. The lowest BCUT2D eigenvalue weighted by Gasteiger charge is -2.15. The van der Waals surface area contributed by atoms with Gasteiger partial charge in [-0.1, -0.05) is 20.3 Å². The monoisotopic (exact) mass is 234 g/mol. The summed E-state index contributed by atoms with van der Waals surface area (Å²) in [5, 5.41) is 4.27. The Morgan fingerprint density at radius 3 is 2.44 bits per heavy atom. The van der Waals surface area contributed by atoms with E-state index in [2.05, 4.69) is 23.8 Å². The maximum absolute atomic E-state index is 10.9. The van der Waals surface area contributed by atoms with Gasteiger partial charge in [-0.05, 0) is 38.1 Å². The Morgan fingerprint density at radius 2 is 1.94 bits per heavy atom. The third-order valence-electron chi connectivity index (χ3n) is 1.91. The molecule has 0 amide bonds. The molecule has 5 heteroatoms. The average molecular weight is 234 g/mol. The van der Waals surface area contributed by atoms with Crippen molar-refractivity contribution in [3.8, 4) is 0 Å². The molecule has 0 N–H and O–H groups in total. The van der Waals surface area contributed by atoms with Gasteiger partial charge in [0.15, 0.2) is 0 Å². The van der Waals surface area contributed by atoms with E-state index < -0.39 is 11.8 Å². The van der Waals surface area contributed by atoms with Crippen molar-refractivity contribution >= 4 is 6.16 Å². The van der Waals surface area contributed by atoms with Gasteiger partial charge in [0.1, 0.15) is 0 Å². The lowest BCUT2D eigenvalue weighted by molar-refractivity contribution is -0.514. The third kappa shape index (κ3) is 9.73. The van der Waals surface area contributed by atoms with E-state index in [1.165, 1.54) is 0 Å². The van der Waals surface area contributed by atoms with E-state index in [1.807, 2.05) is 0 Å². The van der Waals surface area contributed by atoms with Gasteiger partial charge in [-0.15, -0.1) is 0 Å². The highest BCUT2D eigenvalue weighted by Crippen LogP contribution is 2.08. The van der Waals surface area contributed by atoms with Gasteiger partial charge in [0.2, 0.25) is 0 Å². The summed E-state index contributed by atoms with van der Waals surface area (Å²) in [4.78, 5) is 19.9. The fourth-order valence-electron chi connectivity index (χ4n) is 0.718. The smallest absolute Gasteiger partial charge is 0.432 e. The SMILES string of the molecule is CCC(C)CCOC(=O)OOOC(C)(C)C. The quantitative estimate of drug-likeness (QED) is 0.401. The number of ether oxygens (including phenoxy) is 1. The van der Waals surface area contributed by atoms with Crippen LogP contribution in [0.25, 0.3) is 0 Å². The molecule has 1 unspecified atom stereocenters. The zero-order valence-electron chi connectivity index (χ0n) is 10.7. The Balaban J connectivity index is 3.46. The molecule has 1 atom stereocenters. The molecule has 0 aliphatic rings. The standard InChI is InChI=1S/C11H22O5/c1-6-9(2)7-8-13-10(12)14-16-15-11(3,4)5/h9H,6-8H2,1-5H3. The van der Waals surface area contributed by atoms with E-state index in [9.17, 15) is 4.79 Å². The van der Waals surface area contributed by atoms with E-state index in [1.54, 1.807) is 20.8 Å². The minimum absolute atomic E-state index is 0.326. The largest absolute Gasteiger partial charge is 0.542 e. The Hall–Kier alpha value is -0.810. The summed E-state index contributed by atoms with van der Waals surface area (Å²) in [6.45, 7) is 9.81. The summed E-state index contributed by atoms with van der Waals surface area (Å²) < 4.78 is 4.76. The van der Waals surface area contributed by atoms with Crippen molar-refractivity contribution in [1.29, 1.82) is 0 Å². The highest BCUT2D eigenvalue weighted by atomic mass is 17.5. The van der Waals surface area contributed by atoms with Gasteiger partial charge in [0, 0.05) is 0 Å². The molecule has 0 rings (SSSR count). The van der Waals surface area contributed by atoms with Crippen LogP contribution in [0.5, 0.6) is 0 Å². The Kier molecular flexibility index (Phi) is 7.08. The molecule has 16 heavy (non-hydrogen) atoms. The van der Waals surface area contributed by atoms with Crippen LogP contribution >= 0.6 is 0 Å². The van der Waals surface area contributed by atoms with E-state index in [0.717, 1.165) is 12.8 Å². The first-order chi connectivity index (χ1) is 7.35. The Morgan fingerprint density at radius 1 is 1.31 bits per heavy atom. The minimum atomic E-state index is -0.882. The lowest BCUT2D eigenvalue weighted by Crippen LogP contribution is -2.21. The van der Waals surface area contributed by atoms with Gasteiger partial charge in [-0.25, -0.2) is 9.68 Å². The van der Waals surface area contributed by atoms with Crippen molar-refractivity contribution in [3.05, 3.63) is 0 Å². The molecule has 0 aromatic carbocycles. The summed E-state index contributed by atoms with van der Waals surface area (Å²) >= 11 is 0. The van der Waals surface area contributed by atoms with Crippen molar-refractivity contribution in [3.63, 3.8) is 0 Å². The Bertz CT molecular complexity index is 197. The summed E-state index contributed by atoms with van der Waals surface area (Å²) in [5.74, 6) is 0.527. The summed E-state index contributed by atoms with van der Waals surface area (Å²) in [7, 11) is 0. The highest BCUT2D eigenvalue weighted by Gasteiger charge is 2.14. The number of hydrogen-bond donors (Lipinski definition) is 0. The molecular formula is C11H22O5. The van der Waals surface area contributed by atoms with Crippen LogP contribution in [0.4, 0.5) is 4.79 Å². The molecule has 0 aliphatic heterocycles. The van der Waals surface area contributed by atoms with Gasteiger partial charge in [0.25, 0.3) is 0 Å². The topological polar surface area (TPSA) is 54.0 Å². The van der Waals surface area contributed by atoms with Gasteiger partial charge < -0.3 is 4.74 Å². The van der Waals surface area contributed by atoms with Crippen LogP contribution < -0.4 is 0 Å². The second-order valence-corrected chi connectivity index (χ2v) is 4.75. The molecule has 0 bridgehead atoms. The van der Waals surface area contributed by atoms with Crippen LogP contribution in [0.15, 0.2) is 0 Å². The molecule has 96 valence electrons. The first-order valence-corrected chi connectivity index (χ1v) is 5.54. The predicted octanol–water partition coefficient (Wildman–Crippen LogP) is 3.24. The van der Waals surface area contributed by atoms with Crippen molar-refractivity contribution in [2.45, 2.75) is 53.1 Å². The van der Waals surface area contributed by atoms with Gasteiger partial charge in [-0.2, -0.15) is 4.89 Å². The molecule has 0 aromatic rings. The zero-order chi connectivity index (χ0) is 12.6. The van der Waals surface area contributed by atoms with Crippen molar-refractivity contribution in [2.75, 3.05) is 6.61 Å². The van der Waals surface area contributed by atoms with E-state index in [0.29, 0.717) is 12.5 Å². The van der Waals surface area contributed by atoms with Crippen LogP contribution in [0.3, 0.4) is 0 Å². The number of carbonyl (C=O) groups excluding carboxylic acids is 1. The molecular weight excluding hydrogens is 212 g/mol. The fourth-order valence-corrected chi connectivity index (χ4v) is 0.718. The second kappa shape index (κ2) is 7.46. The zero-order valence-corrected chi connectivity index (χ0v) is 10.7. The third-order valence-corrected chi connectivity index (χ3v) is 1.91. The van der Waals surface area contributed by atoms with Crippen LogP contribution in [0.2, 0.25) is 0 Å². The minimum Gasteiger partial charge on any atom is -0.432 e. The van der Waals surface area contributed by atoms with E-state index >= 15 is 0 Å². The predicted molar refractivity (Wildman–Crippen MR) is 58.4 cm³/mol. The van der Waals surface area contributed by atoms with Crippen LogP contribution in [0, 0.1) is 5.92 Å². The van der Waals surface area contributed by atoms with Gasteiger partial charge in [0.05, 0.1) is 12.2 Å². The van der Waals surface area contributed by atoms with Crippen LogP contribution in [0.1, 0.15) is 47.5 Å². The molecule has 0 aromatic heterocycles. The molecule has 0 radical (unpaired) electrons. The van der Waals surface area contributed by atoms with E-state index in [4.69, 9.17) is 9.62 Å². The number of rotatable bonds is 6. The van der Waals surface area contributed by atoms with Crippen LogP contribution in [-0.4, -0.2) is 18.4 Å². The maximum Gasteiger partial charge on any atom is 0.542 e. The highest BCUT2D eigenvalue weighted by molar-refractivity contribution is 5.58. The molecule has 0 spiro atoms. The molecule has 0 fully saturated rings. The average Bonchev–Trinajstić information content (AvgIpc) is 2.15. The molecule has 0 saturated heterocycles. The maximum atomic E-state index is 10.9. The first-order valence-electron chi connectivity index (χ1n) is 5.54. The van der Waals surface area contributed by atoms with Crippen LogP contribution in [-0.2, 0) is 19.6 Å². The first kappa shape index (κ1) is 15.2. The van der Waals surface area contributed by atoms with Gasteiger partial charge in [-0.3, -0.25) is 0 Å². The van der Waals surface area contributed by atoms with E-state index in [-0.39, 0.29) is 0 Å². The molecule has 0 aliphatic carbocycles. The fraction of sp³-hybridized carbons (Fsp3) is 0.909. The van der Waals surface area contributed by atoms with Crippen molar-refractivity contribution in [1.82, 2.24) is 0 Å². The van der Waals surface area contributed by atoms with Crippen molar-refractivity contribution < 1.29 is 24.3 Å². The normalized spacial score (nSPS) is 13.3. The Labute approximate surface area is 96.9 Å². The lowest BCUT2D eigenvalue weighted by atomic mass is 10.1. The summed E-state index contributed by atoms with van der Waals surface area (Å²) in [5.41, 5.74) is -0.531. The molecule has 0 saturated carbocycles. The second-order valence-electron chi connectivity index (χ2n) is 4.75. The summed E-state index contributed by atoms with van der Waals surface area (Å²) in [6.07, 6.45) is 0.987. The summed E-state index contributed by atoms with van der Waals surface area (Å²) in [6, 6.07) is 0.